The smallest absolute Gasteiger partial charge is 0.261 e. The van der Waals surface area contributed by atoms with Crippen LogP contribution >= 0.6 is 0 Å². The Morgan fingerprint density at radius 1 is 1.25 bits per heavy atom. The lowest BCUT2D eigenvalue weighted by Crippen LogP contribution is -2.23. The van der Waals surface area contributed by atoms with E-state index in [0.29, 0.717) is 22.3 Å². The molecule has 0 aliphatic carbocycles. The molecule has 1 amide bonds. The minimum absolute atomic E-state index is 0.0987. The summed E-state index contributed by atoms with van der Waals surface area (Å²) in [5.74, 6) is -1.04. The fourth-order valence-corrected chi connectivity index (χ4v) is 2.43. The third-order valence-electron chi connectivity index (χ3n) is 3.72. The Morgan fingerprint density at radius 3 is 2.75 bits per heavy atom. The van der Waals surface area contributed by atoms with Crippen molar-refractivity contribution in [1.82, 2.24) is 9.97 Å². The zero-order chi connectivity index (χ0) is 17.3. The first kappa shape index (κ1) is 15.7. The summed E-state index contributed by atoms with van der Waals surface area (Å²) < 4.78 is 13.7. The van der Waals surface area contributed by atoms with Gasteiger partial charge in [-0.3, -0.25) is 14.6 Å². The Hall–Kier alpha value is -3.22. The lowest BCUT2D eigenvalue weighted by molar-refractivity contribution is 0.102. The standard InChI is InChI=1S/C17H15FN4O2/c1-9-3-4-20-8-14(9)21-16(23)12-6-10-5-11(18)7-13(19-2)15(10)22-17(12)24/h3-8,19H,1-2H3,(H,21,23)(H,22,24). The maximum Gasteiger partial charge on any atom is 0.261 e. The number of aryl methyl sites for hydroxylation is 1. The third kappa shape index (κ3) is 2.83. The van der Waals surface area contributed by atoms with Gasteiger partial charge in [-0.25, -0.2) is 4.39 Å². The summed E-state index contributed by atoms with van der Waals surface area (Å²) in [5.41, 5.74) is 1.56. The van der Waals surface area contributed by atoms with E-state index in [-0.39, 0.29) is 5.56 Å². The van der Waals surface area contributed by atoms with Crippen molar-refractivity contribution in [3.05, 3.63) is 64.0 Å². The van der Waals surface area contributed by atoms with Crippen LogP contribution in [0.5, 0.6) is 0 Å². The number of amides is 1. The molecule has 0 saturated carbocycles. The van der Waals surface area contributed by atoms with Crippen molar-refractivity contribution >= 4 is 28.2 Å². The molecular formula is C17H15FN4O2. The van der Waals surface area contributed by atoms with E-state index in [1.807, 2.05) is 6.92 Å². The maximum absolute atomic E-state index is 13.7. The van der Waals surface area contributed by atoms with E-state index in [4.69, 9.17) is 0 Å². The number of benzene rings is 1. The first-order chi connectivity index (χ1) is 11.5. The average Bonchev–Trinajstić information content (AvgIpc) is 2.56. The summed E-state index contributed by atoms with van der Waals surface area (Å²) in [4.78, 5) is 31.2. The largest absolute Gasteiger partial charge is 0.386 e. The molecule has 3 rings (SSSR count). The molecule has 0 atom stereocenters. The van der Waals surface area contributed by atoms with Gasteiger partial charge in [-0.2, -0.15) is 0 Å². The molecule has 24 heavy (non-hydrogen) atoms. The predicted octanol–water partition coefficient (Wildman–Crippen LogP) is 2.66. The van der Waals surface area contributed by atoms with Gasteiger partial charge in [0, 0.05) is 18.6 Å². The lowest BCUT2D eigenvalue weighted by atomic mass is 10.1. The van der Waals surface area contributed by atoms with Crippen molar-refractivity contribution in [3.8, 4) is 0 Å². The van der Waals surface area contributed by atoms with Crippen LogP contribution in [-0.4, -0.2) is 22.9 Å². The van der Waals surface area contributed by atoms with Gasteiger partial charge >= 0.3 is 0 Å². The van der Waals surface area contributed by atoms with Gasteiger partial charge in [0.2, 0.25) is 0 Å². The minimum Gasteiger partial charge on any atom is -0.386 e. The molecule has 0 unspecified atom stereocenters. The highest BCUT2D eigenvalue weighted by molar-refractivity contribution is 6.06. The van der Waals surface area contributed by atoms with Crippen LogP contribution in [0, 0.1) is 12.7 Å². The van der Waals surface area contributed by atoms with Crippen LogP contribution in [0.3, 0.4) is 0 Å². The molecule has 2 heterocycles. The predicted molar refractivity (Wildman–Crippen MR) is 91.0 cm³/mol. The van der Waals surface area contributed by atoms with Gasteiger partial charge in [0.05, 0.1) is 23.1 Å². The van der Waals surface area contributed by atoms with E-state index in [1.54, 1.807) is 19.3 Å². The number of hydrogen-bond donors (Lipinski definition) is 3. The highest BCUT2D eigenvalue weighted by Crippen LogP contribution is 2.22. The summed E-state index contributed by atoms with van der Waals surface area (Å²) in [7, 11) is 1.62. The lowest BCUT2D eigenvalue weighted by Gasteiger charge is -2.10. The molecule has 6 nitrogen and oxygen atoms in total. The molecule has 0 spiro atoms. The molecule has 0 aliphatic rings. The number of nitrogens with one attached hydrogen (secondary N) is 3. The van der Waals surface area contributed by atoms with Gasteiger partial charge in [0.15, 0.2) is 0 Å². The first-order valence-corrected chi connectivity index (χ1v) is 7.26. The minimum atomic E-state index is -0.579. The van der Waals surface area contributed by atoms with Crippen LogP contribution in [0.15, 0.2) is 41.5 Å². The maximum atomic E-state index is 13.7. The van der Waals surface area contributed by atoms with Gasteiger partial charge in [-0.15, -0.1) is 0 Å². The van der Waals surface area contributed by atoms with Crippen LogP contribution in [0.25, 0.3) is 10.9 Å². The second-order valence-corrected chi connectivity index (χ2v) is 5.32. The highest BCUT2D eigenvalue weighted by Gasteiger charge is 2.15. The Bertz CT molecular complexity index is 998. The number of nitrogens with zero attached hydrogens (tertiary/aromatic N) is 1. The molecule has 1 aromatic carbocycles. The van der Waals surface area contributed by atoms with Crippen LogP contribution < -0.4 is 16.2 Å². The van der Waals surface area contributed by atoms with E-state index < -0.39 is 17.3 Å². The van der Waals surface area contributed by atoms with Crippen LogP contribution in [0.2, 0.25) is 0 Å². The van der Waals surface area contributed by atoms with Crippen molar-refractivity contribution in [1.29, 1.82) is 0 Å². The monoisotopic (exact) mass is 326 g/mol. The Morgan fingerprint density at radius 2 is 2.04 bits per heavy atom. The van der Waals surface area contributed by atoms with Crippen LogP contribution in [0.1, 0.15) is 15.9 Å². The van der Waals surface area contributed by atoms with Crippen molar-refractivity contribution in [2.24, 2.45) is 0 Å². The zero-order valence-electron chi connectivity index (χ0n) is 13.1. The average molecular weight is 326 g/mol. The Kier molecular flexibility index (Phi) is 3.99. The fraction of sp³-hybridized carbons (Fsp3) is 0.118. The number of rotatable bonds is 3. The van der Waals surface area contributed by atoms with E-state index in [2.05, 4.69) is 20.6 Å². The number of carbonyl (C=O) groups is 1. The Labute approximate surface area is 136 Å². The molecule has 2 aromatic heterocycles. The number of aromatic amines is 1. The SMILES string of the molecule is CNc1cc(F)cc2cc(C(=O)Nc3cnccc3C)c(=O)[nH]c12. The van der Waals surface area contributed by atoms with Crippen molar-refractivity contribution in [3.63, 3.8) is 0 Å². The van der Waals surface area contributed by atoms with Crippen LogP contribution in [0.4, 0.5) is 15.8 Å². The molecule has 0 aliphatic heterocycles. The number of anilines is 2. The molecule has 3 N–H and O–H groups in total. The second-order valence-electron chi connectivity index (χ2n) is 5.32. The molecule has 0 fully saturated rings. The van der Waals surface area contributed by atoms with Crippen molar-refractivity contribution in [2.45, 2.75) is 6.92 Å². The zero-order valence-corrected chi connectivity index (χ0v) is 13.1. The van der Waals surface area contributed by atoms with Crippen LogP contribution in [-0.2, 0) is 0 Å². The topological polar surface area (TPSA) is 86.9 Å². The molecule has 3 aromatic rings. The molecule has 0 saturated heterocycles. The summed E-state index contributed by atoms with van der Waals surface area (Å²) in [6, 6.07) is 5.66. The first-order valence-electron chi connectivity index (χ1n) is 7.26. The molecule has 7 heteroatoms. The number of pyridine rings is 2. The number of halogens is 1. The van der Waals surface area contributed by atoms with Gasteiger partial charge in [0.1, 0.15) is 11.4 Å². The van der Waals surface area contributed by atoms with Crippen molar-refractivity contribution < 1.29 is 9.18 Å². The number of fused-ring (bicyclic) bond motifs is 1. The summed E-state index contributed by atoms with van der Waals surface area (Å²) >= 11 is 0. The van der Waals surface area contributed by atoms with E-state index in [1.165, 1.54) is 24.4 Å². The number of carbonyl (C=O) groups excluding carboxylic acids is 1. The summed E-state index contributed by atoms with van der Waals surface area (Å²) in [5, 5.41) is 5.88. The summed E-state index contributed by atoms with van der Waals surface area (Å²) in [6.07, 6.45) is 3.11. The normalized spacial score (nSPS) is 10.6. The summed E-state index contributed by atoms with van der Waals surface area (Å²) in [6.45, 7) is 1.82. The number of hydrogen-bond acceptors (Lipinski definition) is 4. The van der Waals surface area contributed by atoms with Gasteiger partial charge in [-0.1, -0.05) is 0 Å². The van der Waals surface area contributed by atoms with Crippen molar-refractivity contribution in [2.75, 3.05) is 17.7 Å². The third-order valence-corrected chi connectivity index (χ3v) is 3.72. The highest BCUT2D eigenvalue weighted by atomic mass is 19.1. The number of H-pyrrole nitrogens is 1. The van der Waals surface area contributed by atoms with E-state index in [0.717, 1.165) is 5.56 Å². The molecular weight excluding hydrogens is 311 g/mol. The second kappa shape index (κ2) is 6.11. The van der Waals surface area contributed by atoms with Gasteiger partial charge < -0.3 is 15.6 Å². The molecule has 0 bridgehead atoms. The number of aromatic nitrogens is 2. The Balaban J connectivity index is 2.06. The quantitative estimate of drug-likeness (QED) is 0.690. The fourth-order valence-electron chi connectivity index (χ4n) is 2.43. The van der Waals surface area contributed by atoms with Gasteiger partial charge in [-0.05, 0) is 36.8 Å². The molecule has 0 radical (unpaired) electrons. The van der Waals surface area contributed by atoms with E-state index >= 15 is 0 Å². The van der Waals surface area contributed by atoms with Gasteiger partial charge in [0.25, 0.3) is 11.5 Å². The van der Waals surface area contributed by atoms with E-state index in [9.17, 15) is 14.0 Å². The molecule has 122 valence electrons.